The number of aromatic amines is 1. The van der Waals surface area contributed by atoms with E-state index in [-0.39, 0.29) is 17.7 Å². The van der Waals surface area contributed by atoms with E-state index in [2.05, 4.69) is 34.1 Å². The Balaban J connectivity index is 1.86. The number of nitrogens with one attached hydrogen (secondary N) is 1. The number of H-pyrrole nitrogens is 1. The van der Waals surface area contributed by atoms with Crippen LogP contribution in [0.5, 0.6) is 0 Å². The lowest BCUT2D eigenvalue weighted by Crippen LogP contribution is -2.18. The maximum Gasteiger partial charge on any atom is 0.355 e. The summed E-state index contributed by atoms with van der Waals surface area (Å²) in [6.07, 6.45) is 1.97. The monoisotopic (exact) mass is 354 g/mol. The van der Waals surface area contributed by atoms with Gasteiger partial charge in [0.2, 0.25) is 0 Å². The zero-order valence-corrected chi connectivity index (χ0v) is 15.9. The largest absolute Gasteiger partial charge is 0.461 e. The van der Waals surface area contributed by atoms with E-state index in [4.69, 9.17) is 4.74 Å². The summed E-state index contributed by atoms with van der Waals surface area (Å²) in [5.41, 5.74) is 4.94. The summed E-state index contributed by atoms with van der Waals surface area (Å²) in [7, 11) is 4.01. The molecule has 3 rings (SSSR count). The van der Waals surface area contributed by atoms with Crippen LogP contribution < -0.4 is 4.90 Å². The molecule has 1 aromatic carbocycles. The molecule has 5 heteroatoms. The highest BCUT2D eigenvalue weighted by Crippen LogP contribution is 2.35. The number of ketones is 1. The molecule has 1 heterocycles. The molecule has 0 fully saturated rings. The highest BCUT2D eigenvalue weighted by atomic mass is 16.5. The topological polar surface area (TPSA) is 62.4 Å². The molecule has 1 aromatic heterocycles. The van der Waals surface area contributed by atoms with Crippen LogP contribution in [0.25, 0.3) is 0 Å². The predicted molar refractivity (Wildman–Crippen MR) is 102 cm³/mol. The number of Topliss-reactive ketones (excluding diaryl/α,β-unsaturated/α-hetero) is 1. The van der Waals surface area contributed by atoms with Gasteiger partial charge in [0.05, 0.1) is 6.61 Å². The zero-order valence-electron chi connectivity index (χ0n) is 15.9. The van der Waals surface area contributed by atoms with Crippen molar-refractivity contribution in [1.82, 2.24) is 4.98 Å². The van der Waals surface area contributed by atoms with Crippen LogP contribution >= 0.6 is 0 Å². The number of nitrogens with zero attached hydrogens (tertiary/aromatic N) is 1. The van der Waals surface area contributed by atoms with Crippen LogP contribution in [0, 0.1) is 6.92 Å². The van der Waals surface area contributed by atoms with E-state index < -0.39 is 0 Å². The van der Waals surface area contributed by atoms with Gasteiger partial charge in [0.1, 0.15) is 5.69 Å². The van der Waals surface area contributed by atoms with Gasteiger partial charge >= 0.3 is 5.97 Å². The molecule has 1 N–H and O–H groups in total. The maximum atomic E-state index is 12.7. The fraction of sp³-hybridized carbons (Fsp3) is 0.429. The average Bonchev–Trinajstić information content (AvgIpc) is 2.97. The Morgan fingerprint density at radius 3 is 2.54 bits per heavy atom. The summed E-state index contributed by atoms with van der Waals surface area (Å²) >= 11 is 0. The number of benzene rings is 1. The fourth-order valence-electron chi connectivity index (χ4n) is 3.58. The number of carbonyl (C=O) groups excluding carboxylic acids is 2. The Bertz CT molecular complexity index is 819. The molecule has 0 aliphatic heterocycles. The number of hydrogen-bond donors (Lipinski definition) is 1. The summed E-state index contributed by atoms with van der Waals surface area (Å²) in [5.74, 6) is -0.154. The number of carbonyl (C=O) groups is 2. The van der Waals surface area contributed by atoms with E-state index in [1.807, 2.05) is 27.9 Å². The third kappa shape index (κ3) is 3.39. The molecule has 0 amide bonds. The SMILES string of the molecule is CCCOC(=O)c1[nH]c2c(c1C)C(=O)CC(c1ccc(N(C)C)cc1)C2. The number of aromatic nitrogens is 1. The zero-order chi connectivity index (χ0) is 18.8. The van der Waals surface area contributed by atoms with Crippen LogP contribution in [0.3, 0.4) is 0 Å². The minimum atomic E-state index is -0.376. The van der Waals surface area contributed by atoms with Crippen molar-refractivity contribution < 1.29 is 14.3 Å². The molecule has 138 valence electrons. The summed E-state index contributed by atoms with van der Waals surface area (Å²) in [4.78, 5) is 30.2. The number of hydrogen-bond acceptors (Lipinski definition) is 4. The number of esters is 1. The van der Waals surface area contributed by atoms with Crippen LogP contribution in [0.4, 0.5) is 5.69 Å². The lowest BCUT2D eigenvalue weighted by atomic mass is 9.81. The van der Waals surface area contributed by atoms with Gasteiger partial charge in [-0.05, 0) is 48.9 Å². The first kappa shape index (κ1) is 18.2. The van der Waals surface area contributed by atoms with Crippen LogP contribution in [0.2, 0.25) is 0 Å². The first-order chi connectivity index (χ1) is 12.4. The number of fused-ring (bicyclic) bond motifs is 1. The smallest absolute Gasteiger partial charge is 0.355 e. The Kier molecular flexibility index (Phi) is 5.16. The molecule has 1 atom stereocenters. The molecule has 0 bridgehead atoms. The van der Waals surface area contributed by atoms with Crippen molar-refractivity contribution in [2.24, 2.45) is 0 Å². The fourth-order valence-corrected chi connectivity index (χ4v) is 3.58. The Hall–Kier alpha value is -2.56. The maximum absolute atomic E-state index is 12.7. The van der Waals surface area contributed by atoms with Crippen LogP contribution in [0.1, 0.15) is 63.4 Å². The van der Waals surface area contributed by atoms with Gasteiger partial charge in [-0.1, -0.05) is 19.1 Å². The van der Waals surface area contributed by atoms with Crippen LogP contribution in [-0.2, 0) is 11.2 Å². The van der Waals surface area contributed by atoms with Crippen LogP contribution in [0.15, 0.2) is 24.3 Å². The van der Waals surface area contributed by atoms with E-state index in [0.717, 1.165) is 29.8 Å². The minimum absolute atomic E-state index is 0.0937. The molecule has 1 aliphatic rings. The molecular weight excluding hydrogens is 328 g/mol. The van der Waals surface area contributed by atoms with Gasteiger partial charge in [-0.2, -0.15) is 0 Å². The van der Waals surface area contributed by atoms with Gasteiger partial charge in [0.25, 0.3) is 0 Å². The molecule has 5 nitrogen and oxygen atoms in total. The van der Waals surface area contributed by atoms with Gasteiger partial charge < -0.3 is 14.6 Å². The van der Waals surface area contributed by atoms with E-state index in [0.29, 0.717) is 29.8 Å². The van der Waals surface area contributed by atoms with Crippen molar-refractivity contribution in [1.29, 1.82) is 0 Å². The Labute approximate surface area is 154 Å². The highest BCUT2D eigenvalue weighted by molar-refractivity contribution is 6.03. The molecular formula is C21H26N2O3. The summed E-state index contributed by atoms with van der Waals surface area (Å²) in [6.45, 7) is 4.16. The van der Waals surface area contributed by atoms with Crippen molar-refractivity contribution in [3.05, 3.63) is 52.3 Å². The second kappa shape index (κ2) is 7.36. The molecule has 1 aliphatic carbocycles. The van der Waals surface area contributed by atoms with Gasteiger partial charge in [-0.25, -0.2) is 4.79 Å². The lowest BCUT2D eigenvalue weighted by Gasteiger charge is -2.23. The lowest BCUT2D eigenvalue weighted by molar-refractivity contribution is 0.0498. The first-order valence-electron chi connectivity index (χ1n) is 9.11. The Morgan fingerprint density at radius 1 is 1.23 bits per heavy atom. The van der Waals surface area contributed by atoms with Crippen molar-refractivity contribution in [3.8, 4) is 0 Å². The number of anilines is 1. The van der Waals surface area contributed by atoms with E-state index in [1.165, 1.54) is 0 Å². The van der Waals surface area contributed by atoms with Gasteiger partial charge in [0.15, 0.2) is 5.78 Å². The van der Waals surface area contributed by atoms with E-state index >= 15 is 0 Å². The first-order valence-corrected chi connectivity index (χ1v) is 9.11. The van der Waals surface area contributed by atoms with Gasteiger partial charge in [-0.3, -0.25) is 4.79 Å². The molecule has 0 spiro atoms. The van der Waals surface area contributed by atoms with Crippen molar-refractivity contribution >= 4 is 17.4 Å². The highest BCUT2D eigenvalue weighted by Gasteiger charge is 2.32. The van der Waals surface area contributed by atoms with E-state index in [1.54, 1.807) is 0 Å². The third-order valence-electron chi connectivity index (χ3n) is 5.01. The van der Waals surface area contributed by atoms with Crippen molar-refractivity contribution in [2.45, 2.75) is 39.0 Å². The molecule has 0 saturated heterocycles. The van der Waals surface area contributed by atoms with Crippen molar-refractivity contribution in [3.63, 3.8) is 0 Å². The summed E-state index contributed by atoms with van der Waals surface area (Å²) in [6, 6.07) is 8.32. The standard InChI is InChI=1S/C21H26N2O3/c1-5-10-26-21(25)20-13(2)19-17(22-20)11-15(12-18(19)24)14-6-8-16(9-7-14)23(3)4/h6-9,15,22H,5,10-12H2,1-4H3. The summed E-state index contributed by atoms with van der Waals surface area (Å²) < 4.78 is 5.23. The van der Waals surface area contributed by atoms with Crippen molar-refractivity contribution in [2.75, 3.05) is 25.6 Å². The van der Waals surface area contributed by atoms with Gasteiger partial charge in [0, 0.05) is 37.5 Å². The van der Waals surface area contributed by atoms with E-state index in [9.17, 15) is 9.59 Å². The molecule has 26 heavy (non-hydrogen) atoms. The molecule has 0 saturated carbocycles. The summed E-state index contributed by atoms with van der Waals surface area (Å²) in [5, 5.41) is 0. The number of rotatable bonds is 5. The molecule has 2 aromatic rings. The molecule has 1 unspecified atom stereocenters. The predicted octanol–water partition coefficient (Wildman–Crippen LogP) is 3.87. The normalized spacial score (nSPS) is 16.3. The minimum Gasteiger partial charge on any atom is -0.461 e. The number of ether oxygens (including phenoxy) is 1. The second-order valence-electron chi connectivity index (χ2n) is 7.13. The second-order valence-corrected chi connectivity index (χ2v) is 7.13. The third-order valence-corrected chi connectivity index (χ3v) is 5.01. The quantitative estimate of drug-likeness (QED) is 0.828. The molecule has 0 radical (unpaired) electrons. The van der Waals surface area contributed by atoms with Gasteiger partial charge in [-0.15, -0.1) is 0 Å². The Morgan fingerprint density at radius 2 is 1.92 bits per heavy atom. The average molecular weight is 354 g/mol. The van der Waals surface area contributed by atoms with Crippen LogP contribution in [-0.4, -0.2) is 37.4 Å².